The van der Waals surface area contributed by atoms with Gasteiger partial charge in [-0.1, -0.05) is 45.4 Å². The van der Waals surface area contributed by atoms with Crippen molar-refractivity contribution < 1.29 is 14.3 Å². The Kier molecular flexibility index (Phi) is 5.36. The smallest absolute Gasteiger partial charge is 0.162 e. The van der Waals surface area contributed by atoms with E-state index in [4.69, 9.17) is 16.3 Å². The van der Waals surface area contributed by atoms with Gasteiger partial charge in [-0.25, -0.2) is 0 Å². The van der Waals surface area contributed by atoms with E-state index in [9.17, 15) is 9.59 Å². The summed E-state index contributed by atoms with van der Waals surface area (Å²) in [6.07, 6.45) is 2.55. The second-order valence-electron chi connectivity index (χ2n) is 11.1. The molecule has 3 aliphatic rings. The molecule has 0 fully saturated rings. The quantitative estimate of drug-likeness (QED) is 0.615. The molecule has 1 N–H and O–H groups in total. The zero-order chi connectivity index (χ0) is 22.7. The molecule has 31 heavy (non-hydrogen) atoms. The molecule has 0 spiro atoms. The molecule has 166 valence electrons. The van der Waals surface area contributed by atoms with Crippen LogP contribution in [0.2, 0.25) is 5.02 Å². The van der Waals surface area contributed by atoms with Crippen LogP contribution < -0.4 is 10.1 Å². The standard InChI is InChI=1S/C26H32ClNO3/c1-14(2)31-21-8-7-15(9-16(21)27)22-23-17(10-25(3,4)12-19(23)29)28-18-11-26(5,6)13-20(30)24(18)22/h7-9,14,22,28H,10-13H2,1-6H3. The van der Waals surface area contributed by atoms with E-state index in [0.29, 0.717) is 23.6 Å². The van der Waals surface area contributed by atoms with E-state index < -0.39 is 0 Å². The molecule has 1 aliphatic heterocycles. The third kappa shape index (κ3) is 4.19. The van der Waals surface area contributed by atoms with Gasteiger partial charge in [0, 0.05) is 41.3 Å². The fraction of sp³-hybridized carbons (Fsp3) is 0.538. The Morgan fingerprint density at radius 2 is 1.45 bits per heavy atom. The first kappa shape index (κ1) is 22.1. The summed E-state index contributed by atoms with van der Waals surface area (Å²) < 4.78 is 5.80. The van der Waals surface area contributed by atoms with Gasteiger partial charge >= 0.3 is 0 Å². The third-order valence-corrected chi connectivity index (χ3v) is 6.67. The summed E-state index contributed by atoms with van der Waals surface area (Å²) in [4.78, 5) is 26.7. The second-order valence-corrected chi connectivity index (χ2v) is 11.5. The number of ketones is 2. The number of allylic oxidation sites excluding steroid dienone is 4. The third-order valence-electron chi connectivity index (χ3n) is 6.37. The number of nitrogens with one attached hydrogen (secondary N) is 1. The van der Waals surface area contributed by atoms with Gasteiger partial charge in [0.1, 0.15) is 5.75 Å². The minimum atomic E-state index is -0.371. The van der Waals surface area contributed by atoms with E-state index in [0.717, 1.165) is 40.9 Å². The number of rotatable bonds is 3. The number of hydrogen-bond acceptors (Lipinski definition) is 4. The van der Waals surface area contributed by atoms with E-state index in [1.165, 1.54) is 0 Å². The summed E-state index contributed by atoms with van der Waals surface area (Å²) in [6, 6.07) is 5.67. The zero-order valence-electron chi connectivity index (χ0n) is 19.3. The number of carbonyl (C=O) groups is 2. The van der Waals surface area contributed by atoms with Crippen molar-refractivity contribution in [3.05, 3.63) is 51.3 Å². The molecular weight excluding hydrogens is 410 g/mol. The highest BCUT2D eigenvalue weighted by molar-refractivity contribution is 6.32. The van der Waals surface area contributed by atoms with Crippen LogP contribution in [-0.2, 0) is 9.59 Å². The molecule has 0 bridgehead atoms. The van der Waals surface area contributed by atoms with Crippen molar-refractivity contribution in [2.75, 3.05) is 0 Å². The van der Waals surface area contributed by atoms with E-state index in [-0.39, 0.29) is 34.4 Å². The topological polar surface area (TPSA) is 55.4 Å². The lowest BCUT2D eigenvalue weighted by Gasteiger charge is -2.44. The summed E-state index contributed by atoms with van der Waals surface area (Å²) in [5.74, 6) is 0.479. The highest BCUT2D eigenvalue weighted by Gasteiger charge is 2.46. The van der Waals surface area contributed by atoms with Crippen molar-refractivity contribution in [3.63, 3.8) is 0 Å². The summed E-state index contributed by atoms with van der Waals surface area (Å²) in [7, 11) is 0. The molecule has 0 amide bonds. The molecular formula is C26H32ClNO3. The molecule has 0 aromatic heterocycles. The predicted molar refractivity (Wildman–Crippen MR) is 123 cm³/mol. The Morgan fingerprint density at radius 3 is 1.90 bits per heavy atom. The Labute approximate surface area is 190 Å². The second kappa shape index (κ2) is 7.51. The number of Topliss-reactive ketones (excluding diaryl/α,β-unsaturated/α-hetero) is 2. The molecule has 1 heterocycles. The number of carbonyl (C=O) groups excluding carboxylic acids is 2. The van der Waals surface area contributed by atoms with Crippen LogP contribution in [-0.4, -0.2) is 17.7 Å². The van der Waals surface area contributed by atoms with Crippen LogP contribution in [0.5, 0.6) is 5.75 Å². The molecule has 0 saturated heterocycles. The molecule has 4 rings (SSSR count). The average molecular weight is 442 g/mol. The van der Waals surface area contributed by atoms with E-state index in [1.807, 2.05) is 32.0 Å². The van der Waals surface area contributed by atoms with Crippen LogP contribution in [0.4, 0.5) is 0 Å². The van der Waals surface area contributed by atoms with Crippen molar-refractivity contribution in [2.45, 2.75) is 79.2 Å². The maximum absolute atomic E-state index is 13.3. The molecule has 2 aliphatic carbocycles. The molecule has 4 nitrogen and oxygen atoms in total. The Bertz CT molecular complexity index is 977. The highest BCUT2D eigenvalue weighted by atomic mass is 35.5. The minimum Gasteiger partial charge on any atom is -0.489 e. The van der Waals surface area contributed by atoms with Gasteiger partial charge in [-0.05, 0) is 55.2 Å². The fourth-order valence-corrected chi connectivity index (χ4v) is 5.50. The lowest BCUT2D eigenvalue weighted by Crippen LogP contribution is -2.42. The number of halogens is 1. The van der Waals surface area contributed by atoms with Crippen LogP contribution in [0.1, 0.15) is 78.7 Å². The van der Waals surface area contributed by atoms with Crippen molar-refractivity contribution in [1.82, 2.24) is 5.32 Å². The van der Waals surface area contributed by atoms with Crippen molar-refractivity contribution in [1.29, 1.82) is 0 Å². The van der Waals surface area contributed by atoms with Gasteiger partial charge in [-0.15, -0.1) is 0 Å². The van der Waals surface area contributed by atoms with E-state index in [1.54, 1.807) is 0 Å². The molecule has 0 saturated carbocycles. The van der Waals surface area contributed by atoms with Crippen LogP contribution in [0.15, 0.2) is 40.7 Å². The monoisotopic (exact) mass is 441 g/mol. The van der Waals surface area contributed by atoms with Crippen LogP contribution in [0, 0.1) is 10.8 Å². The maximum Gasteiger partial charge on any atom is 0.162 e. The van der Waals surface area contributed by atoms with E-state index in [2.05, 4.69) is 33.0 Å². The SMILES string of the molecule is CC(C)Oc1ccc(C2C3=C(CC(C)(C)CC3=O)NC3=C2C(=O)CC(C)(C)C3)cc1Cl. The van der Waals surface area contributed by atoms with Crippen LogP contribution in [0.25, 0.3) is 0 Å². The summed E-state index contributed by atoms with van der Waals surface area (Å²) in [5.41, 5.74) is 4.07. The molecule has 0 atom stereocenters. The minimum absolute atomic E-state index is 0.00941. The maximum atomic E-state index is 13.3. The van der Waals surface area contributed by atoms with Crippen molar-refractivity contribution in [2.24, 2.45) is 10.8 Å². The first-order chi connectivity index (χ1) is 14.4. The summed E-state index contributed by atoms with van der Waals surface area (Å²) in [6.45, 7) is 12.4. The van der Waals surface area contributed by atoms with Gasteiger partial charge in [0.05, 0.1) is 11.1 Å². The van der Waals surface area contributed by atoms with Gasteiger partial charge < -0.3 is 10.1 Å². The zero-order valence-corrected chi connectivity index (χ0v) is 20.1. The van der Waals surface area contributed by atoms with E-state index >= 15 is 0 Å². The van der Waals surface area contributed by atoms with Gasteiger partial charge in [0.2, 0.25) is 0 Å². The van der Waals surface area contributed by atoms with Crippen LogP contribution >= 0.6 is 11.6 Å². The first-order valence-electron chi connectivity index (χ1n) is 11.1. The highest BCUT2D eigenvalue weighted by Crippen LogP contribution is 2.51. The van der Waals surface area contributed by atoms with Crippen LogP contribution in [0.3, 0.4) is 0 Å². The Hall–Kier alpha value is -2.07. The van der Waals surface area contributed by atoms with Gasteiger partial charge in [-0.3, -0.25) is 9.59 Å². The van der Waals surface area contributed by atoms with Gasteiger partial charge in [-0.2, -0.15) is 0 Å². The summed E-state index contributed by atoms with van der Waals surface area (Å²) in [5, 5.41) is 4.04. The lowest BCUT2D eigenvalue weighted by molar-refractivity contribution is -0.119. The molecule has 0 radical (unpaired) electrons. The largest absolute Gasteiger partial charge is 0.489 e. The Balaban J connectivity index is 1.87. The molecule has 1 aromatic carbocycles. The number of benzene rings is 1. The number of ether oxygens (including phenoxy) is 1. The Morgan fingerprint density at radius 1 is 0.935 bits per heavy atom. The predicted octanol–water partition coefficient (Wildman–Crippen LogP) is 6.10. The number of hydrogen-bond donors (Lipinski definition) is 1. The lowest BCUT2D eigenvalue weighted by atomic mass is 9.64. The van der Waals surface area contributed by atoms with Gasteiger partial charge in [0.25, 0.3) is 0 Å². The van der Waals surface area contributed by atoms with Gasteiger partial charge in [0.15, 0.2) is 11.6 Å². The summed E-state index contributed by atoms with van der Waals surface area (Å²) >= 11 is 6.56. The fourth-order valence-electron chi connectivity index (χ4n) is 5.27. The van der Waals surface area contributed by atoms with Crippen molar-refractivity contribution in [3.8, 4) is 5.75 Å². The molecule has 1 aromatic rings. The normalized spacial score (nSPS) is 23.0. The first-order valence-corrected chi connectivity index (χ1v) is 11.5. The molecule has 5 heteroatoms. The molecule has 0 unspecified atom stereocenters. The average Bonchev–Trinajstić information content (AvgIpc) is 2.59. The van der Waals surface area contributed by atoms with Crippen molar-refractivity contribution >= 4 is 23.2 Å². The number of dihydropyridines is 1.